The van der Waals surface area contributed by atoms with Gasteiger partial charge in [0.25, 0.3) is 0 Å². The van der Waals surface area contributed by atoms with Crippen LogP contribution in [0, 0.1) is 0 Å². The van der Waals surface area contributed by atoms with Crippen molar-refractivity contribution in [2.75, 3.05) is 23.9 Å². The van der Waals surface area contributed by atoms with E-state index in [4.69, 9.17) is 0 Å². The SMILES string of the molecule is CN(C1CCS(=O)(=O)C1)S(=O)(=O)c1ccc2c(c1)CCC(=O)N2. The van der Waals surface area contributed by atoms with Gasteiger partial charge in [0.2, 0.25) is 15.9 Å². The van der Waals surface area contributed by atoms with Crippen LogP contribution in [0.4, 0.5) is 5.69 Å². The number of amides is 1. The lowest BCUT2D eigenvalue weighted by molar-refractivity contribution is -0.116. The van der Waals surface area contributed by atoms with Crippen LogP contribution in [0.5, 0.6) is 0 Å². The molecule has 1 aromatic rings. The van der Waals surface area contributed by atoms with E-state index in [-0.39, 0.29) is 22.3 Å². The molecule has 9 heteroatoms. The molecule has 1 amide bonds. The molecular formula is C14H18N2O5S2. The summed E-state index contributed by atoms with van der Waals surface area (Å²) < 4.78 is 49.7. The molecule has 1 N–H and O–H groups in total. The molecule has 1 fully saturated rings. The van der Waals surface area contributed by atoms with E-state index in [0.29, 0.717) is 24.9 Å². The number of fused-ring (bicyclic) bond motifs is 1. The highest BCUT2D eigenvalue weighted by molar-refractivity contribution is 7.92. The van der Waals surface area contributed by atoms with Crippen LogP contribution in [-0.4, -0.2) is 51.6 Å². The number of carbonyl (C=O) groups is 1. The molecule has 7 nitrogen and oxygen atoms in total. The van der Waals surface area contributed by atoms with Crippen LogP contribution in [0.1, 0.15) is 18.4 Å². The monoisotopic (exact) mass is 358 g/mol. The highest BCUT2D eigenvalue weighted by Gasteiger charge is 2.36. The fourth-order valence-corrected chi connectivity index (χ4v) is 6.25. The number of sulfone groups is 1. The Labute approximate surface area is 135 Å². The minimum absolute atomic E-state index is 0.0216. The van der Waals surface area contributed by atoms with Crippen molar-refractivity contribution < 1.29 is 21.6 Å². The molecule has 2 aliphatic rings. The Morgan fingerprint density at radius 1 is 1.26 bits per heavy atom. The van der Waals surface area contributed by atoms with E-state index >= 15 is 0 Å². The molecular weight excluding hydrogens is 340 g/mol. The number of carbonyl (C=O) groups excluding carboxylic acids is 1. The van der Waals surface area contributed by atoms with E-state index in [1.807, 2.05) is 0 Å². The number of nitrogens with one attached hydrogen (secondary N) is 1. The van der Waals surface area contributed by atoms with Crippen LogP contribution < -0.4 is 5.32 Å². The van der Waals surface area contributed by atoms with Crippen LogP contribution >= 0.6 is 0 Å². The number of sulfonamides is 1. The van der Waals surface area contributed by atoms with Gasteiger partial charge in [-0.1, -0.05) is 0 Å². The number of anilines is 1. The Morgan fingerprint density at radius 2 is 2.00 bits per heavy atom. The maximum absolute atomic E-state index is 12.7. The minimum atomic E-state index is -3.76. The molecule has 1 saturated heterocycles. The quantitative estimate of drug-likeness (QED) is 0.842. The average Bonchev–Trinajstić information content (AvgIpc) is 2.85. The Balaban J connectivity index is 1.89. The molecule has 126 valence electrons. The van der Waals surface area contributed by atoms with Gasteiger partial charge in [-0.25, -0.2) is 16.8 Å². The molecule has 0 aromatic heterocycles. The second kappa shape index (κ2) is 5.57. The molecule has 1 aromatic carbocycles. The summed E-state index contributed by atoms with van der Waals surface area (Å²) in [6, 6.07) is 4.06. The number of benzene rings is 1. The van der Waals surface area contributed by atoms with Crippen molar-refractivity contribution in [1.82, 2.24) is 4.31 Å². The van der Waals surface area contributed by atoms with E-state index in [1.54, 1.807) is 12.1 Å². The first-order valence-electron chi connectivity index (χ1n) is 7.30. The fraction of sp³-hybridized carbons (Fsp3) is 0.500. The van der Waals surface area contributed by atoms with Crippen molar-refractivity contribution in [3.63, 3.8) is 0 Å². The zero-order chi connectivity index (χ0) is 16.8. The van der Waals surface area contributed by atoms with E-state index in [1.165, 1.54) is 13.1 Å². The van der Waals surface area contributed by atoms with Crippen LogP contribution in [0.3, 0.4) is 0 Å². The van der Waals surface area contributed by atoms with Gasteiger partial charge in [0.05, 0.1) is 16.4 Å². The number of nitrogens with zero attached hydrogens (tertiary/aromatic N) is 1. The Hall–Kier alpha value is -1.45. The molecule has 2 heterocycles. The number of rotatable bonds is 3. The summed E-state index contributed by atoms with van der Waals surface area (Å²) in [6.45, 7) is 0. The lowest BCUT2D eigenvalue weighted by Crippen LogP contribution is -2.37. The van der Waals surface area contributed by atoms with Crippen molar-refractivity contribution in [3.05, 3.63) is 23.8 Å². The van der Waals surface area contributed by atoms with Gasteiger partial charge >= 0.3 is 0 Å². The standard InChI is InChI=1S/C14H18N2O5S2/c1-16(11-6-7-22(18,19)9-11)23(20,21)12-3-4-13-10(8-12)2-5-14(17)15-13/h3-4,8,11H,2,5-7,9H2,1H3,(H,15,17). The third kappa shape index (κ3) is 3.13. The molecule has 0 radical (unpaired) electrons. The third-order valence-corrected chi connectivity index (χ3v) is 8.03. The molecule has 1 unspecified atom stereocenters. The van der Waals surface area contributed by atoms with Crippen LogP contribution in [0.25, 0.3) is 0 Å². The van der Waals surface area contributed by atoms with Gasteiger partial charge in [0, 0.05) is 25.2 Å². The predicted molar refractivity (Wildman–Crippen MR) is 85.4 cm³/mol. The van der Waals surface area contributed by atoms with E-state index < -0.39 is 25.9 Å². The van der Waals surface area contributed by atoms with E-state index in [2.05, 4.69) is 5.32 Å². The topological polar surface area (TPSA) is 101 Å². The molecule has 0 bridgehead atoms. The van der Waals surface area contributed by atoms with Crippen LogP contribution in [0.15, 0.2) is 23.1 Å². The Bertz CT molecular complexity index is 861. The van der Waals surface area contributed by atoms with Gasteiger partial charge in [-0.05, 0) is 36.6 Å². The Morgan fingerprint density at radius 3 is 2.65 bits per heavy atom. The minimum Gasteiger partial charge on any atom is -0.326 e. The van der Waals surface area contributed by atoms with Gasteiger partial charge < -0.3 is 5.32 Å². The van der Waals surface area contributed by atoms with Gasteiger partial charge in [-0.3, -0.25) is 4.79 Å². The summed E-state index contributed by atoms with van der Waals surface area (Å²) >= 11 is 0. The highest BCUT2D eigenvalue weighted by Crippen LogP contribution is 2.28. The van der Waals surface area contributed by atoms with Gasteiger partial charge in [-0.15, -0.1) is 0 Å². The predicted octanol–water partition coefficient (Wildman–Crippen LogP) is 0.379. The lowest BCUT2D eigenvalue weighted by Gasteiger charge is -2.24. The van der Waals surface area contributed by atoms with Gasteiger partial charge in [0.15, 0.2) is 9.84 Å². The molecule has 0 spiro atoms. The molecule has 0 saturated carbocycles. The first-order chi connectivity index (χ1) is 10.7. The number of hydrogen-bond acceptors (Lipinski definition) is 5. The zero-order valence-electron chi connectivity index (χ0n) is 12.6. The van der Waals surface area contributed by atoms with Gasteiger partial charge in [-0.2, -0.15) is 4.31 Å². The first-order valence-corrected chi connectivity index (χ1v) is 10.6. The normalized spacial score (nSPS) is 23.6. The summed E-state index contributed by atoms with van der Waals surface area (Å²) in [5.74, 6) is -0.196. The number of hydrogen-bond donors (Lipinski definition) is 1. The molecule has 1 atom stereocenters. The van der Waals surface area contributed by atoms with Crippen LogP contribution in [-0.2, 0) is 31.1 Å². The second-order valence-electron chi connectivity index (χ2n) is 5.95. The number of aryl methyl sites for hydroxylation is 1. The van der Waals surface area contributed by atoms with E-state index in [0.717, 1.165) is 9.87 Å². The molecule has 3 rings (SSSR count). The average molecular weight is 358 g/mol. The van der Waals surface area contributed by atoms with Crippen LogP contribution in [0.2, 0.25) is 0 Å². The van der Waals surface area contributed by atoms with Gasteiger partial charge in [0.1, 0.15) is 0 Å². The lowest BCUT2D eigenvalue weighted by atomic mass is 10.0. The molecule has 2 aliphatic heterocycles. The van der Waals surface area contributed by atoms with Crippen molar-refractivity contribution in [3.8, 4) is 0 Å². The molecule has 23 heavy (non-hydrogen) atoms. The van der Waals surface area contributed by atoms with Crippen molar-refractivity contribution >= 4 is 31.5 Å². The smallest absolute Gasteiger partial charge is 0.243 e. The summed E-state index contributed by atoms with van der Waals surface area (Å²) in [5, 5.41) is 2.71. The van der Waals surface area contributed by atoms with Crippen molar-refractivity contribution in [1.29, 1.82) is 0 Å². The van der Waals surface area contributed by atoms with Crippen molar-refractivity contribution in [2.24, 2.45) is 0 Å². The van der Waals surface area contributed by atoms with E-state index in [9.17, 15) is 21.6 Å². The van der Waals surface area contributed by atoms with Crippen molar-refractivity contribution in [2.45, 2.75) is 30.2 Å². The Kier molecular flexibility index (Phi) is 3.97. The third-order valence-electron chi connectivity index (χ3n) is 4.37. The maximum atomic E-state index is 12.7. The fourth-order valence-electron chi connectivity index (χ4n) is 2.94. The summed E-state index contributed by atoms with van der Waals surface area (Å²) in [7, 11) is -5.50. The maximum Gasteiger partial charge on any atom is 0.243 e. The summed E-state index contributed by atoms with van der Waals surface area (Å²) in [6.07, 6.45) is 1.14. The largest absolute Gasteiger partial charge is 0.326 e. The first kappa shape index (κ1) is 16.4. The summed E-state index contributed by atoms with van der Waals surface area (Å²) in [4.78, 5) is 11.5. The highest BCUT2D eigenvalue weighted by atomic mass is 32.2. The second-order valence-corrected chi connectivity index (χ2v) is 10.2. The molecule has 0 aliphatic carbocycles. The summed E-state index contributed by atoms with van der Waals surface area (Å²) in [5.41, 5.74) is 1.41. The zero-order valence-corrected chi connectivity index (χ0v) is 14.3.